The Morgan fingerprint density at radius 1 is 1.26 bits per heavy atom. The lowest BCUT2D eigenvalue weighted by Gasteiger charge is -2.14. The average molecular weight is 442 g/mol. The van der Waals surface area contributed by atoms with Crippen molar-refractivity contribution in [1.29, 1.82) is 0 Å². The molecule has 0 unspecified atom stereocenters. The van der Waals surface area contributed by atoms with Crippen LogP contribution in [0, 0.1) is 0 Å². The molecule has 0 aliphatic rings. The molecule has 2 aromatic heterocycles. The molecule has 1 N–H and O–H groups in total. The Morgan fingerprint density at radius 3 is 2.74 bits per heavy atom. The van der Waals surface area contributed by atoms with Gasteiger partial charge in [0.05, 0.1) is 6.54 Å². The SMILES string of the molecule is CN(CC(=O)Nc1ncc(Cc2ccccc2Cl)s1)S(=O)(=O)c1cccs1. The van der Waals surface area contributed by atoms with Crippen molar-refractivity contribution in [3.05, 3.63) is 63.4 Å². The zero-order chi connectivity index (χ0) is 19.4. The van der Waals surface area contributed by atoms with Crippen LogP contribution < -0.4 is 5.32 Å². The highest BCUT2D eigenvalue weighted by molar-refractivity contribution is 7.91. The maximum atomic E-state index is 12.4. The quantitative estimate of drug-likeness (QED) is 0.606. The number of rotatable bonds is 7. The van der Waals surface area contributed by atoms with Crippen LogP contribution in [0.3, 0.4) is 0 Å². The molecule has 2 heterocycles. The second-order valence-electron chi connectivity index (χ2n) is 5.64. The lowest BCUT2D eigenvalue weighted by molar-refractivity contribution is -0.116. The minimum absolute atomic E-state index is 0.203. The highest BCUT2D eigenvalue weighted by Gasteiger charge is 2.24. The summed E-state index contributed by atoms with van der Waals surface area (Å²) in [6.07, 6.45) is 2.29. The van der Waals surface area contributed by atoms with E-state index < -0.39 is 15.9 Å². The smallest absolute Gasteiger partial charge is 0.252 e. The molecule has 3 aromatic rings. The van der Waals surface area contributed by atoms with Crippen LogP contribution in [-0.2, 0) is 21.2 Å². The van der Waals surface area contributed by atoms with Crippen LogP contribution in [0.1, 0.15) is 10.4 Å². The fourth-order valence-electron chi connectivity index (χ4n) is 2.29. The number of halogens is 1. The zero-order valence-corrected chi connectivity index (χ0v) is 17.5. The Bertz CT molecular complexity index is 1030. The van der Waals surface area contributed by atoms with Gasteiger partial charge in [-0.3, -0.25) is 4.79 Å². The minimum atomic E-state index is -3.66. The normalized spacial score (nSPS) is 11.7. The number of hydrogen-bond acceptors (Lipinski definition) is 6. The predicted octanol–water partition coefficient (Wildman–Crippen LogP) is 3.71. The van der Waals surface area contributed by atoms with Gasteiger partial charge in [0, 0.05) is 29.6 Å². The van der Waals surface area contributed by atoms with Crippen molar-refractivity contribution in [3.8, 4) is 0 Å². The average Bonchev–Trinajstić information content (AvgIpc) is 3.29. The third-order valence-electron chi connectivity index (χ3n) is 3.65. The van der Waals surface area contributed by atoms with Crippen LogP contribution in [0.25, 0.3) is 0 Å². The van der Waals surface area contributed by atoms with Crippen LogP contribution in [-0.4, -0.2) is 37.2 Å². The predicted molar refractivity (Wildman–Crippen MR) is 109 cm³/mol. The maximum Gasteiger partial charge on any atom is 0.252 e. The van der Waals surface area contributed by atoms with Crippen LogP contribution >= 0.6 is 34.3 Å². The third-order valence-corrected chi connectivity index (χ3v) is 8.11. The number of thiazole rings is 1. The minimum Gasteiger partial charge on any atom is -0.301 e. The molecule has 6 nitrogen and oxygen atoms in total. The van der Waals surface area contributed by atoms with Crippen molar-refractivity contribution in [2.75, 3.05) is 18.9 Å². The van der Waals surface area contributed by atoms with Gasteiger partial charge in [-0.25, -0.2) is 13.4 Å². The van der Waals surface area contributed by atoms with E-state index in [0.29, 0.717) is 16.6 Å². The van der Waals surface area contributed by atoms with E-state index in [0.717, 1.165) is 26.1 Å². The first-order valence-electron chi connectivity index (χ1n) is 7.84. The van der Waals surface area contributed by atoms with E-state index in [1.165, 1.54) is 24.5 Å². The van der Waals surface area contributed by atoms with Crippen molar-refractivity contribution in [2.45, 2.75) is 10.6 Å². The molecule has 0 aliphatic heterocycles. The van der Waals surface area contributed by atoms with Gasteiger partial charge in [0.25, 0.3) is 10.0 Å². The van der Waals surface area contributed by atoms with Gasteiger partial charge < -0.3 is 5.32 Å². The standard InChI is InChI=1S/C17H16ClN3O3S3/c1-21(27(23,24)16-7-4-8-25-16)11-15(22)20-17-19-10-13(26-17)9-12-5-2-3-6-14(12)18/h2-8,10H,9,11H2,1H3,(H,19,20,22). The molecule has 0 saturated heterocycles. The third kappa shape index (κ3) is 4.94. The van der Waals surface area contributed by atoms with Crippen LogP contribution in [0.4, 0.5) is 5.13 Å². The number of anilines is 1. The van der Waals surface area contributed by atoms with Crippen molar-refractivity contribution in [3.63, 3.8) is 0 Å². The summed E-state index contributed by atoms with van der Waals surface area (Å²) in [5.41, 5.74) is 0.975. The van der Waals surface area contributed by atoms with Gasteiger partial charge >= 0.3 is 0 Å². The highest BCUT2D eigenvalue weighted by Crippen LogP contribution is 2.25. The Hall–Kier alpha value is -1.78. The van der Waals surface area contributed by atoms with Crippen molar-refractivity contribution in [1.82, 2.24) is 9.29 Å². The number of aromatic nitrogens is 1. The molecule has 0 saturated carbocycles. The van der Waals surface area contributed by atoms with Crippen molar-refractivity contribution < 1.29 is 13.2 Å². The Kier molecular flexibility index (Phi) is 6.28. The van der Waals surface area contributed by atoms with Crippen molar-refractivity contribution in [2.24, 2.45) is 0 Å². The fourth-order valence-corrected chi connectivity index (χ4v) is 5.67. The van der Waals surface area contributed by atoms with Crippen LogP contribution in [0.15, 0.2) is 52.2 Å². The Labute approximate surface area is 170 Å². The van der Waals surface area contributed by atoms with Gasteiger partial charge in [-0.2, -0.15) is 4.31 Å². The Balaban J connectivity index is 1.60. The number of amides is 1. The first-order chi connectivity index (χ1) is 12.9. The van der Waals surface area contributed by atoms with E-state index in [1.807, 2.05) is 24.3 Å². The highest BCUT2D eigenvalue weighted by atomic mass is 35.5. The van der Waals surface area contributed by atoms with Gasteiger partial charge in [0.15, 0.2) is 5.13 Å². The number of thiophene rings is 1. The molecule has 0 spiro atoms. The molecule has 1 amide bonds. The number of carbonyl (C=O) groups excluding carboxylic acids is 1. The summed E-state index contributed by atoms with van der Waals surface area (Å²) in [5, 5.41) is 5.42. The molecule has 3 rings (SSSR count). The van der Waals surface area contributed by atoms with Crippen LogP contribution in [0.5, 0.6) is 0 Å². The lowest BCUT2D eigenvalue weighted by Crippen LogP contribution is -2.34. The molecule has 0 bridgehead atoms. The van der Waals surface area contributed by atoms with E-state index in [-0.39, 0.29) is 10.8 Å². The molecular weight excluding hydrogens is 426 g/mol. The Morgan fingerprint density at radius 2 is 2.04 bits per heavy atom. The van der Waals surface area contributed by atoms with Gasteiger partial charge in [0.2, 0.25) is 5.91 Å². The lowest BCUT2D eigenvalue weighted by atomic mass is 10.1. The number of hydrogen-bond donors (Lipinski definition) is 1. The number of sulfonamides is 1. The summed E-state index contributed by atoms with van der Waals surface area (Å²) < 4.78 is 25.9. The molecule has 0 aliphatic carbocycles. The molecule has 142 valence electrons. The molecule has 10 heteroatoms. The molecule has 1 aromatic carbocycles. The van der Waals surface area contributed by atoms with Crippen molar-refractivity contribution >= 4 is 55.3 Å². The van der Waals surface area contributed by atoms with E-state index in [4.69, 9.17) is 11.6 Å². The van der Waals surface area contributed by atoms with Gasteiger partial charge in [-0.05, 0) is 23.1 Å². The first-order valence-corrected chi connectivity index (χ1v) is 11.4. The zero-order valence-electron chi connectivity index (χ0n) is 14.3. The number of carbonyl (C=O) groups is 1. The number of nitrogens with one attached hydrogen (secondary N) is 1. The fraction of sp³-hybridized carbons (Fsp3) is 0.176. The molecular formula is C17H16ClN3O3S3. The van der Waals surface area contributed by atoms with Gasteiger partial charge in [-0.1, -0.05) is 35.9 Å². The summed E-state index contributed by atoms with van der Waals surface area (Å²) in [4.78, 5) is 17.3. The summed E-state index contributed by atoms with van der Waals surface area (Å²) in [7, 11) is -2.29. The molecule has 0 radical (unpaired) electrons. The van der Waals surface area contributed by atoms with Crippen LogP contribution in [0.2, 0.25) is 5.02 Å². The largest absolute Gasteiger partial charge is 0.301 e. The molecule has 27 heavy (non-hydrogen) atoms. The number of likely N-dealkylation sites (N-methyl/N-ethyl adjacent to an activating group) is 1. The first kappa shape index (κ1) is 20.0. The summed E-state index contributed by atoms with van der Waals surface area (Å²) in [5.74, 6) is -0.448. The molecule has 0 atom stereocenters. The topological polar surface area (TPSA) is 79.4 Å². The summed E-state index contributed by atoms with van der Waals surface area (Å²) in [6.45, 7) is -0.292. The van der Waals surface area contributed by atoms with E-state index in [9.17, 15) is 13.2 Å². The second kappa shape index (κ2) is 8.49. The summed E-state index contributed by atoms with van der Waals surface area (Å²) in [6, 6.07) is 10.7. The van der Waals surface area contributed by atoms with Gasteiger partial charge in [0.1, 0.15) is 4.21 Å². The van der Waals surface area contributed by atoms with E-state index in [1.54, 1.807) is 17.6 Å². The maximum absolute atomic E-state index is 12.4. The second-order valence-corrected chi connectivity index (χ2v) is 10.4. The number of nitrogens with zero attached hydrogens (tertiary/aromatic N) is 2. The van der Waals surface area contributed by atoms with E-state index >= 15 is 0 Å². The molecule has 0 fully saturated rings. The van der Waals surface area contributed by atoms with Gasteiger partial charge in [-0.15, -0.1) is 22.7 Å². The summed E-state index contributed by atoms with van der Waals surface area (Å²) >= 11 is 8.60. The van der Waals surface area contributed by atoms with E-state index in [2.05, 4.69) is 10.3 Å². The number of benzene rings is 1. The monoisotopic (exact) mass is 441 g/mol.